The van der Waals surface area contributed by atoms with Gasteiger partial charge in [-0.1, -0.05) is 81.6 Å². The average Bonchev–Trinajstić information content (AvgIpc) is 3.28. The van der Waals surface area contributed by atoms with Crippen LogP contribution >= 0.6 is 31.9 Å². The first-order chi connectivity index (χ1) is 17.5. The molecule has 1 N–H and O–H groups in total. The zero-order chi connectivity index (χ0) is 24.8. The monoisotopic (exact) mass is 598 g/mol. The SMILES string of the molecule is CCCCc1ccc(-n2c(-c3ccccc3O)nc3c4ccc(Br)cc4c4cc(Br)ccc4c32)cc1. The van der Waals surface area contributed by atoms with Gasteiger partial charge in [0.05, 0.1) is 16.6 Å². The minimum absolute atomic E-state index is 0.215. The lowest BCUT2D eigenvalue weighted by Crippen LogP contribution is -1.99. The lowest BCUT2D eigenvalue weighted by molar-refractivity contribution is 0.477. The summed E-state index contributed by atoms with van der Waals surface area (Å²) >= 11 is 7.33. The number of halogens is 2. The molecule has 0 spiro atoms. The maximum absolute atomic E-state index is 10.8. The fourth-order valence-corrected chi connectivity index (χ4v) is 5.76. The first-order valence-corrected chi connectivity index (χ1v) is 13.7. The van der Waals surface area contributed by atoms with Gasteiger partial charge < -0.3 is 5.11 Å². The number of hydrogen-bond donors (Lipinski definition) is 1. The van der Waals surface area contributed by atoms with Gasteiger partial charge in [0.1, 0.15) is 11.6 Å². The Bertz CT molecular complexity index is 1750. The number of imidazole rings is 1. The highest BCUT2D eigenvalue weighted by Crippen LogP contribution is 2.42. The van der Waals surface area contributed by atoms with Crippen LogP contribution in [0.1, 0.15) is 25.3 Å². The summed E-state index contributed by atoms with van der Waals surface area (Å²) in [6.45, 7) is 2.22. The second-order valence-electron chi connectivity index (χ2n) is 9.13. The average molecular weight is 600 g/mol. The Morgan fingerprint density at radius 2 is 1.44 bits per heavy atom. The number of para-hydroxylation sites is 1. The summed E-state index contributed by atoms with van der Waals surface area (Å²) in [5.74, 6) is 0.941. The highest BCUT2D eigenvalue weighted by molar-refractivity contribution is 9.10. The van der Waals surface area contributed by atoms with Crippen molar-refractivity contribution in [2.75, 3.05) is 0 Å². The van der Waals surface area contributed by atoms with Crippen molar-refractivity contribution in [1.82, 2.24) is 9.55 Å². The molecule has 1 aromatic heterocycles. The van der Waals surface area contributed by atoms with Crippen molar-refractivity contribution in [1.29, 1.82) is 0 Å². The summed E-state index contributed by atoms with van der Waals surface area (Å²) in [5, 5.41) is 15.3. The first-order valence-electron chi connectivity index (χ1n) is 12.2. The normalized spacial score (nSPS) is 11.6. The van der Waals surface area contributed by atoms with Crippen LogP contribution in [0.4, 0.5) is 0 Å². The van der Waals surface area contributed by atoms with E-state index in [9.17, 15) is 5.11 Å². The molecule has 0 aliphatic carbocycles. The summed E-state index contributed by atoms with van der Waals surface area (Å²) in [6, 6.07) is 29.0. The second-order valence-corrected chi connectivity index (χ2v) is 11.0. The van der Waals surface area contributed by atoms with Crippen LogP contribution in [0.25, 0.3) is 49.7 Å². The quantitative estimate of drug-likeness (QED) is 0.200. The molecule has 0 fully saturated rings. The van der Waals surface area contributed by atoms with E-state index in [0.717, 1.165) is 59.5 Å². The summed E-state index contributed by atoms with van der Waals surface area (Å²) in [5.41, 5.74) is 5.02. The van der Waals surface area contributed by atoms with E-state index in [1.807, 2.05) is 18.2 Å². The van der Waals surface area contributed by atoms with Gasteiger partial charge in [-0.2, -0.15) is 0 Å². The Balaban J connectivity index is 1.76. The number of fused-ring (bicyclic) bond motifs is 6. The molecule has 0 saturated carbocycles. The van der Waals surface area contributed by atoms with Gasteiger partial charge in [-0.25, -0.2) is 4.98 Å². The van der Waals surface area contributed by atoms with Gasteiger partial charge >= 0.3 is 0 Å². The molecule has 5 aromatic carbocycles. The standard InChI is InChI=1S/C31H24Br2N2O/c1-2-3-6-19-9-13-22(14-10-19)35-30-24-16-12-21(33)18-27(24)26-17-20(32)11-15-23(26)29(30)34-31(35)25-7-4-5-8-28(25)36/h4-5,7-18,36H,2-3,6H2,1H3. The van der Waals surface area contributed by atoms with Crippen molar-refractivity contribution in [2.24, 2.45) is 0 Å². The molecule has 6 rings (SSSR count). The van der Waals surface area contributed by atoms with Gasteiger partial charge in [0.2, 0.25) is 0 Å². The van der Waals surface area contributed by atoms with Crippen LogP contribution in [-0.2, 0) is 6.42 Å². The number of aryl methyl sites for hydroxylation is 1. The summed E-state index contributed by atoms with van der Waals surface area (Å²) in [7, 11) is 0. The van der Waals surface area contributed by atoms with Gasteiger partial charge in [-0.05, 0) is 77.7 Å². The third-order valence-electron chi connectivity index (χ3n) is 6.80. The van der Waals surface area contributed by atoms with Crippen LogP contribution in [0.2, 0.25) is 0 Å². The van der Waals surface area contributed by atoms with Gasteiger partial charge in [0.15, 0.2) is 0 Å². The topological polar surface area (TPSA) is 38.0 Å². The van der Waals surface area contributed by atoms with Gasteiger partial charge in [-0.3, -0.25) is 4.57 Å². The van der Waals surface area contributed by atoms with E-state index in [2.05, 4.69) is 104 Å². The second kappa shape index (κ2) is 9.38. The molecule has 1 heterocycles. The molecule has 0 aliphatic rings. The smallest absolute Gasteiger partial charge is 0.149 e. The molecule has 0 amide bonds. The van der Waals surface area contributed by atoms with Gasteiger partial charge in [0, 0.05) is 25.4 Å². The molecule has 5 heteroatoms. The molecule has 0 saturated heterocycles. The number of aromatic nitrogens is 2. The number of phenolic OH excluding ortho intramolecular Hbond substituents is 1. The molecule has 6 aromatic rings. The third-order valence-corrected chi connectivity index (χ3v) is 7.79. The minimum atomic E-state index is 0.215. The Labute approximate surface area is 226 Å². The Morgan fingerprint density at radius 3 is 2.14 bits per heavy atom. The van der Waals surface area contributed by atoms with E-state index in [4.69, 9.17) is 4.98 Å². The number of phenols is 1. The van der Waals surface area contributed by atoms with Crippen molar-refractivity contribution in [3.8, 4) is 22.8 Å². The maximum atomic E-state index is 10.8. The van der Waals surface area contributed by atoms with Crippen molar-refractivity contribution in [3.63, 3.8) is 0 Å². The summed E-state index contributed by atoms with van der Waals surface area (Å²) in [6.07, 6.45) is 3.43. The van der Waals surface area contributed by atoms with Crippen LogP contribution < -0.4 is 0 Å². The number of unbranched alkanes of at least 4 members (excludes halogenated alkanes) is 1. The molecule has 0 aliphatic heterocycles. The molecular weight excluding hydrogens is 576 g/mol. The number of hydrogen-bond acceptors (Lipinski definition) is 2. The summed E-state index contributed by atoms with van der Waals surface area (Å²) in [4.78, 5) is 5.20. The molecule has 0 radical (unpaired) electrons. The van der Waals surface area contributed by atoms with Crippen molar-refractivity contribution in [3.05, 3.63) is 99.4 Å². The fourth-order valence-electron chi connectivity index (χ4n) is 5.04. The van der Waals surface area contributed by atoms with E-state index in [1.54, 1.807) is 6.07 Å². The first kappa shape index (κ1) is 23.3. The van der Waals surface area contributed by atoms with Crippen LogP contribution in [0, 0.1) is 0 Å². The lowest BCUT2D eigenvalue weighted by Gasteiger charge is -2.14. The molecule has 0 atom stereocenters. The number of aromatic hydroxyl groups is 1. The molecular formula is C31H24Br2N2O. The molecule has 0 unspecified atom stereocenters. The Hall–Kier alpha value is -3.15. The van der Waals surface area contributed by atoms with Gasteiger partial charge in [-0.15, -0.1) is 0 Å². The van der Waals surface area contributed by atoms with Crippen molar-refractivity contribution >= 4 is 64.4 Å². The number of rotatable bonds is 5. The van der Waals surface area contributed by atoms with Crippen molar-refractivity contribution < 1.29 is 5.11 Å². The van der Waals surface area contributed by atoms with Crippen molar-refractivity contribution in [2.45, 2.75) is 26.2 Å². The van der Waals surface area contributed by atoms with E-state index in [1.165, 1.54) is 18.4 Å². The van der Waals surface area contributed by atoms with Crippen LogP contribution in [0.3, 0.4) is 0 Å². The number of nitrogens with zero attached hydrogens (tertiary/aromatic N) is 2. The van der Waals surface area contributed by atoms with E-state index in [-0.39, 0.29) is 5.75 Å². The molecule has 3 nitrogen and oxygen atoms in total. The minimum Gasteiger partial charge on any atom is -0.507 e. The van der Waals surface area contributed by atoms with Crippen LogP contribution in [-0.4, -0.2) is 14.7 Å². The predicted octanol–water partition coefficient (Wildman–Crippen LogP) is 9.57. The zero-order valence-electron chi connectivity index (χ0n) is 19.8. The van der Waals surface area contributed by atoms with E-state index >= 15 is 0 Å². The van der Waals surface area contributed by atoms with Crippen LogP contribution in [0.15, 0.2) is 93.9 Å². The van der Waals surface area contributed by atoms with Crippen LogP contribution in [0.5, 0.6) is 5.75 Å². The Morgan fingerprint density at radius 1 is 0.778 bits per heavy atom. The zero-order valence-corrected chi connectivity index (χ0v) is 23.0. The maximum Gasteiger partial charge on any atom is 0.149 e. The molecule has 0 bridgehead atoms. The predicted molar refractivity (Wildman–Crippen MR) is 157 cm³/mol. The molecule has 36 heavy (non-hydrogen) atoms. The highest BCUT2D eigenvalue weighted by Gasteiger charge is 2.21. The largest absolute Gasteiger partial charge is 0.507 e. The fraction of sp³-hybridized carbons (Fsp3) is 0.129. The lowest BCUT2D eigenvalue weighted by atomic mass is 10.00. The Kier molecular flexibility index (Phi) is 6.06. The highest BCUT2D eigenvalue weighted by atomic mass is 79.9. The van der Waals surface area contributed by atoms with E-state index < -0.39 is 0 Å². The third kappa shape index (κ3) is 3.91. The van der Waals surface area contributed by atoms with Gasteiger partial charge in [0.25, 0.3) is 0 Å². The summed E-state index contributed by atoms with van der Waals surface area (Å²) < 4.78 is 4.26. The van der Waals surface area contributed by atoms with E-state index in [0.29, 0.717) is 5.56 Å². The number of benzene rings is 5. The molecule has 178 valence electrons.